The molecule has 53 heavy (non-hydrogen) atoms. The predicted octanol–water partition coefficient (Wildman–Crippen LogP) is 0.618. The lowest BCUT2D eigenvalue weighted by Gasteiger charge is -2.23. The highest BCUT2D eigenvalue weighted by molar-refractivity contribution is 5.97. The zero-order chi connectivity index (χ0) is 39.2. The fourth-order valence-electron chi connectivity index (χ4n) is 5.16. The molecule has 2 aromatic carbocycles. The molecule has 0 aliphatic heterocycles. The van der Waals surface area contributed by atoms with Crippen molar-refractivity contribution in [1.82, 2.24) is 25.9 Å². The van der Waals surface area contributed by atoms with E-state index in [1.165, 1.54) is 12.1 Å². The van der Waals surface area contributed by atoms with Gasteiger partial charge in [0.2, 0.25) is 11.8 Å². The van der Waals surface area contributed by atoms with Gasteiger partial charge >= 0.3 is 23.9 Å². The number of nitrogens with one attached hydrogen (secondary N) is 4. The highest BCUT2D eigenvalue weighted by Gasteiger charge is 2.26. The molecule has 0 spiro atoms. The van der Waals surface area contributed by atoms with Crippen LogP contribution in [0.2, 0.25) is 0 Å². The summed E-state index contributed by atoms with van der Waals surface area (Å²) in [6.45, 7) is 2.19. The van der Waals surface area contributed by atoms with Crippen LogP contribution in [0.1, 0.15) is 60.3 Å². The Kier molecular flexibility index (Phi) is 14.6. The van der Waals surface area contributed by atoms with Gasteiger partial charge in [-0.3, -0.25) is 24.0 Å². The molecule has 0 aliphatic rings. The highest BCUT2D eigenvalue weighted by atomic mass is 16.4. The van der Waals surface area contributed by atoms with Crippen molar-refractivity contribution in [2.75, 3.05) is 11.4 Å². The Balaban J connectivity index is 1.57. The van der Waals surface area contributed by atoms with Crippen LogP contribution in [0.4, 0.5) is 5.69 Å². The SMILES string of the molecule is C#CCN(Cc1ccc2nc(C)[nH]c(=O)c2c1)c1ccc(C(=O)N[C@@H](CCC(=O)N[C@@H](CCC(=O)N[C@@H](CCC(=O)O)C(=O)O)C(=O)O)C(=O)O)cc1. The minimum Gasteiger partial charge on any atom is -0.481 e. The van der Waals surface area contributed by atoms with Gasteiger partial charge < -0.3 is 46.3 Å². The Morgan fingerprint density at radius 3 is 1.83 bits per heavy atom. The molecule has 1 heterocycles. The number of fused-ring (bicyclic) bond motifs is 1. The van der Waals surface area contributed by atoms with E-state index < -0.39 is 98.2 Å². The number of aromatic amines is 1. The van der Waals surface area contributed by atoms with Gasteiger partial charge in [0, 0.05) is 37.1 Å². The molecular weight excluding hydrogens is 696 g/mol. The molecule has 8 N–H and O–H groups in total. The molecule has 3 aromatic rings. The number of carbonyl (C=O) groups excluding carboxylic acids is 3. The van der Waals surface area contributed by atoms with Crippen LogP contribution in [0, 0.1) is 19.3 Å². The summed E-state index contributed by atoms with van der Waals surface area (Å²) in [7, 11) is 0. The standard InChI is InChI=1S/C35H38N6O12/c1-3-16-41(18-20-4-9-24-23(17-20)32(47)37-19(2)36-24)22-7-5-21(6-8-22)31(46)40-27(35(52)53)11-14-29(43)38-25(33(48)49)10-13-28(42)39-26(34(50)51)12-15-30(44)45/h1,4-9,17,25-27H,10-16,18H2,2H3,(H,38,43)(H,39,42)(H,40,46)(H,44,45)(H,48,49)(H,50,51)(H,52,53)(H,36,37,47)/t25-,26-,27-/m0/s1. The van der Waals surface area contributed by atoms with E-state index in [9.17, 15) is 48.6 Å². The van der Waals surface area contributed by atoms with E-state index in [4.69, 9.17) is 16.6 Å². The minimum atomic E-state index is -1.59. The molecule has 3 amide bonds. The number of aliphatic carboxylic acids is 4. The van der Waals surface area contributed by atoms with Gasteiger partial charge in [-0.25, -0.2) is 19.4 Å². The normalized spacial score (nSPS) is 12.4. The van der Waals surface area contributed by atoms with Crippen LogP contribution in [0.3, 0.4) is 0 Å². The van der Waals surface area contributed by atoms with E-state index in [0.29, 0.717) is 29.0 Å². The zero-order valence-corrected chi connectivity index (χ0v) is 28.5. The Labute approximate surface area is 301 Å². The number of H-pyrrole nitrogens is 1. The van der Waals surface area contributed by atoms with E-state index in [1.807, 2.05) is 11.0 Å². The number of hydrogen-bond donors (Lipinski definition) is 8. The maximum absolute atomic E-state index is 13.0. The van der Waals surface area contributed by atoms with Gasteiger partial charge in [0.05, 0.1) is 17.4 Å². The number of aryl methyl sites for hydroxylation is 1. The molecule has 0 fully saturated rings. The monoisotopic (exact) mass is 734 g/mol. The average Bonchev–Trinajstić information content (AvgIpc) is 3.09. The summed E-state index contributed by atoms with van der Waals surface area (Å²) < 4.78 is 0. The Morgan fingerprint density at radius 1 is 0.792 bits per heavy atom. The Morgan fingerprint density at radius 2 is 1.32 bits per heavy atom. The third-order valence-corrected chi connectivity index (χ3v) is 7.88. The van der Waals surface area contributed by atoms with Crippen LogP contribution in [0.25, 0.3) is 10.9 Å². The molecule has 0 bridgehead atoms. The second-order valence-corrected chi connectivity index (χ2v) is 11.9. The van der Waals surface area contributed by atoms with Gasteiger partial charge in [-0.15, -0.1) is 6.42 Å². The first-order valence-electron chi connectivity index (χ1n) is 16.2. The number of aromatic nitrogens is 2. The quantitative estimate of drug-likeness (QED) is 0.0739. The summed E-state index contributed by atoms with van der Waals surface area (Å²) in [5.41, 5.74) is 1.77. The third-order valence-electron chi connectivity index (χ3n) is 7.88. The number of benzene rings is 2. The number of terminal acetylenes is 1. The molecule has 3 atom stereocenters. The van der Waals surface area contributed by atoms with Crippen LogP contribution >= 0.6 is 0 Å². The number of hydrogen-bond acceptors (Lipinski definition) is 10. The van der Waals surface area contributed by atoms with Gasteiger partial charge in [-0.05, 0) is 68.1 Å². The third kappa shape index (κ3) is 12.5. The molecule has 280 valence electrons. The van der Waals surface area contributed by atoms with Crippen molar-refractivity contribution in [2.24, 2.45) is 0 Å². The highest BCUT2D eigenvalue weighted by Crippen LogP contribution is 2.20. The molecule has 0 saturated heterocycles. The first-order chi connectivity index (χ1) is 25.1. The van der Waals surface area contributed by atoms with Crippen LogP contribution in [0.5, 0.6) is 0 Å². The predicted molar refractivity (Wildman–Crippen MR) is 187 cm³/mol. The van der Waals surface area contributed by atoms with E-state index in [0.717, 1.165) is 5.56 Å². The first kappa shape index (κ1) is 40.7. The molecule has 3 rings (SSSR count). The first-order valence-corrected chi connectivity index (χ1v) is 16.2. The molecule has 0 unspecified atom stereocenters. The van der Waals surface area contributed by atoms with Crippen LogP contribution in [-0.4, -0.2) is 96.7 Å². The maximum atomic E-state index is 13.0. The van der Waals surface area contributed by atoms with Crippen molar-refractivity contribution >= 4 is 58.2 Å². The van der Waals surface area contributed by atoms with Gasteiger partial charge in [0.25, 0.3) is 11.5 Å². The smallest absolute Gasteiger partial charge is 0.326 e. The van der Waals surface area contributed by atoms with Crippen molar-refractivity contribution in [3.8, 4) is 12.3 Å². The van der Waals surface area contributed by atoms with Crippen molar-refractivity contribution in [3.05, 3.63) is 69.8 Å². The number of carboxylic acids is 4. The topological polar surface area (TPSA) is 285 Å². The molecule has 0 radical (unpaired) electrons. The average molecular weight is 735 g/mol. The minimum absolute atomic E-state index is 0.0982. The van der Waals surface area contributed by atoms with Crippen molar-refractivity contribution in [1.29, 1.82) is 0 Å². The fourth-order valence-corrected chi connectivity index (χ4v) is 5.16. The van der Waals surface area contributed by atoms with Crippen LogP contribution in [0.15, 0.2) is 47.3 Å². The van der Waals surface area contributed by atoms with Gasteiger partial charge in [-0.1, -0.05) is 12.0 Å². The van der Waals surface area contributed by atoms with Gasteiger partial charge in [0.15, 0.2) is 0 Å². The Bertz CT molecular complexity index is 1970. The molecule has 18 heteroatoms. The van der Waals surface area contributed by atoms with E-state index in [2.05, 4.69) is 31.8 Å². The summed E-state index contributed by atoms with van der Waals surface area (Å²) in [5, 5.41) is 44.1. The molecule has 0 aliphatic carbocycles. The summed E-state index contributed by atoms with van der Waals surface area (Å²) >= 11 is 0. The van der Waals surface area contributed by atoms with Crippen LogP contribution in [-0.2, 0) is 35.3 Å². The van der Waals surface area contributed by atoms with Gasteiger partial charge in [0.1, 0.15) is 23.9 Å². The second kappa shape index (κ2) is 19.0. The molecule has 0 saturated carbocycles. The summed E-state index contributed by atoms with van der Waals surface area (Å²) in [6.07, 6.45) is 2.75. The Hall–Kier alpha value is -6.77. The number of rotatable bonds is 20. The number of nitrogens with zero attached hydrogens (tertiary/aromatic N) is 2. The molecular formula is C35H38N6O12. The lowest BCUT2D eigenvalue weighted by Crippen LogP contribution is -2.45. The van der Waals surface area contributed by atoms with E-state index >= 15 is 0 Å². The van der Waals surface area contributed by atoms with Crippen molar-refractivity contribution < 1.29 is 54.0 Å². The summed E-state index contributed by atoms with van der Waals surface area (Å²) in [6, 6.07) is 6.75. The maximum Gasteiger partial charge on any atom is 0.326 e. The van der Waals surface area contributed by atoms with Crippen molar-refractivity contribution in [2.45, 2.75) is 70.1 Å². The van der Waals surface area contributed by atoms with Crippen LogP contribution < -0.4 is 26.4 Å². The number of carbonyl (C=O) groups is 7. The lowest BCUT2D eigenvalue weighted by molar-refractivity contribution is -0.144. The lowest BCUT2D eigenvalue weighted by atomic mass is 10.1. The van der Waals surface area contributed by atoms with E-state index in [-0.39, 0.29) is 17.7 Å². The summed E-state index contributed by atoms with van der Waals surface area (Å²) in [4.78, 5) is 104. The van der Waals surface area contributed by atoms with Gasteiger partial charge in [-0.2, -0.15) is 0 Å². The molecule has 1 aromatic heterocycles. The molecule has 18 nitrogen and oxygen atoms in total. The zero-order valence-electron chi connectivity index (χ0n) is 28.5. The second-order valence-electron chi connectivity index (χ2n) is 11.9. The summed E-state index contributed by atoms with van der Waals surface area (Å²) in [5.74, 6) is -5.19. The number of amides is 3. The number of carboxylic acid groups (broad SMARTS) is 4. The van der Waals surface area contributed by atoms with E-state index in [1.54, 1.807) is 31.2 Å². The van der Waals surface area contributed by atoms with Crippen molar-refractivity contribution in [3.63, 3.8) is 0 Å². The fraction of sp³-hybridized carbons (Fsp3) is 0.343. The number of anilines is 1. The largest absolute Gasteiger partial charge is 0.481 e.